The molecule has 0 unspecified atom stereocenters. The summed E-state index contributed by atoms with van der Waals surface area (Å²) in [6.07, 6.45) is -2.07. The van der Waals surface area contributed by atoms with E-state index in [0.29, 0.717) is 18.0 Å². The van der Waals surface area contributed by atoms with Gasteiger partial charge in [0.05, 0.1) is 11.8 Å². The molecule has 0 saturated carbocycles. The van der Waals surface area contributed by atoms with Gasteiger partial charge in [-0.2, -0.15) is 18.3 Å². The van der Waals surface area contributed by atoms with Gasteiger partial charge in [0.1, 0.15) is 5.69 Å². The number of carbonyl (C=O) groups excluding carboxylic acids is 1. The number of carbonyl (C=O) groups is 1. The fourth-order valence-corrected chi connectivity index (χ4v) is 2.47. The van der Waals surface area contributed by atoms with Crippen LogP contribution in [0.1, 0.15) is 29.4 Å². The molecule has 3 aromatic rings. The van der Waals surface area contributed by atoms with Gasteiger partial charge in [-0.15, -0.1) is 0 Å². The van der Waals surface area contributed by atoms with Crippen LogP contribution in [-0.4, -0.2) is 15.7 Å². The van der Waals surface area contributed by atoms with E-state index in [9.17, 15) is 18.0 Å². The highest BCUT2D eigenvalue weighted by molar-refractivity contribution is 6.03. The summed E-state index contributed by atoms with van der Waals surface area (Å²) >= 11 is 0. The van der Waals surface area contributed by atoms with Crippen LogP contribution < -0.4 is 5.32 Å². The average Bonchev–Trinajstić information content (AvgIpc) is 3.24. The molecule has 0 aliphatic carbocycles. The Morgan fingerprint density at radius 3 is 2.54 bits per heavy atom. The highest BCUT2D eigenvalue weighted by Crippen LogP contribution is 2.30. The zero-order valence-electron chi connectivity index (χ0n) is 13.9. The number of amides is 1. The molecule has 0 saturated heterocycles. The topological polar surface area (TPSA) is 60.1 Å². The number of hydrogen-bond donors (Lipinski definition) is 1. The Morgan fingerprint density at radius 2 is 1.96 bits per heavy atom. The zero-order chi connectivity index (χ0) is 18.7. The van der Waals surface area contributed by atoms with Crippen molar-refractivity contribution < 1.29 is 22.4 Å². The van der Waals surface area contributed by atoms with Crippen LogP contribution in [0.25, 0.3) is 11.5 Å². The SMILES string of the molecule is CCCn1nc(C(=O)Nc2ccc(C(F)(F)F)cc2)cc1-c1ccco1. The second kappa shape index (κ2) is 7.07. The van der Waals surface area contributed by atoms with Crippen LogP contribution in [-0.2, 0) is 12.7 Å². The first kappa shape index (κ1) is 17.8. The molecule has 1 N–H and O–H groups in total. The van der Waals surface area contributed by atoms with Crippen LogP contribution >= 0.6 is 0 Å². The lowest BCUT2D eigenvalue weighted by Crippen LogP contribution is -2.14. The van der Waals surface area contributed by atoms with E-state index in [1.165, 1.54) is 18.4 Å². The minimum atomic E-state index is -4.42. The number of aromatic nitrogens is 2. The highest BCUT2D eigenvalue weighted by atomic mass is 19.4. The molecule has 3 rings (SSSR count). The number of furan rings is 1. The van der Waals surface area contributed by atoms with Gasteiger partial charge in [0.2, 0.25) is 0 Å². The Morgan fingerprint density at radius 1 is 1.23 bits per heavy atom. The fraction of sp³-hybridized carbons (Fsp3) is 0.222. The largest absolute Gasteiger partial charge is 0.463 e. The lowest BCUT2D eigenvalue weighted by atomic mass is 10.2. The first-order valence-corrected chi connectivity index (χ1v) is 7.99. The summed E-state index contributed by atoms with van der Waals surface area (Å²) in [6, 6.07) is 9.34. The summed E-state index contributed by atoms with van der Waals surface area (Å²) < 4.78 is 44.8. The van der Waals surface area contributed by atoms with Crippen molar-refractivity contribution in [2.45, 2.75) is 26.1 Å². The van der Waals surface area contributed by atoms with Crippen molar-refractivity contribution in [2.24, 2.45) is 0 Å². The van der Waals surface area contributed by atoms with Gasteiger partial charge in [-0.05, 0) is 42.8 Å². The van der Waals surface area contributed by atoms with Gasteiger partial charge in [0, 0.05) is 18.3 Å². The van der Waals surface area contributed by atoms with Crippen molar-refractivity contribution >= 4 is 11.6 Å². The normalized spacial score (nSPS) is 11.5. The smallest absolute Gasteiger partial charge is 0.416 e. The first-order valence-electron chi connectivity index (χ1n) is 7.99. The first-order chi connectivity index (χ1) is 12.4. The van der Waals surface area contributed by atoms with Crippen LogP contribution in [0.3, 0.4) is 0 Å². The highest BCUT2D eigenvalue weighted by Gasteiger charge is 2.30. The molecule has 0 fully saturated rings. The van der Waals surface area contributed by atoms with Crippen LogP contribution in [0.2, 0.25) is 0 Å². The van der Waals surface area contributed by atoms with E-state index < -0.39 is 17.6 Å². The number of rotatable bonds is 5. The molecule has 1 aromatic carbocycles. The number of aryl methyl sites for hydroxylation is 1. The van der Waals surface area contributed by atoms with E-state index in [1.807, 2.05) is 6.92 Å². The predicted octanol–water partition coefficient (Wildman–Crippen LogP) is 4.82. The predicted molar refractivity (Wildman–Crippen MR) is 89.6 cm³/mol. The molecule has 2 aromatic heterocycles. The van der Waals surface area contributed by atoms with Crippen molar-refractivity contribution in [2.75, 3.05) is 5.32 Å². The second-order valence-corrected chi connectivity index (χ2v) is 5.64. The Balaban J connectivity index is 1.81. The maximum Gasteiger partial charge on any atom is 0.416 e. The summed E-state index contributed by atoms with van der Waals surface area (Å²) in [5, 5.41) is 6.83. The van der Waals surface area contributed by atoms with Crippen LogP contribution in [0.5, 0.6) is 0 Å². The zero-order valence-corrected chi connectivity index (χ0v) is 13.9. The van der Waals surface area contributed by atoms with Gasteiger partial charge in [-0.1, -0.05) is 6.92 Å². The van der Waals surface area contributed by atoms with Crippen molar-refractivity contribution in [1.82, 2.24) is 9.78 Å². The van der Waals surface area contributed by atoms with Gasteiger partial charge in [-0.3, -0.25) is 9.48 Å². The third-order valence-corrected chi connectivity index (χ3v) is 3.69. The minimum absolute atomic E-state index is 0.157. The maximum atomic E-state index is 12.6. The van der Waals surface area contributed by atoms with Crippen molar-refractivity contribution in [3.8, 4) is 11.5 Å². The Bertz CT molecular complexity index is 882. The summed E-state index contributed by atoms with van der Waals surface area (Å²) in [5.74, 6) is 0.0759. The molecular formula is C18H16F3N3O2. The van der Waals surface area contributed by atoms with Gasteiger partial charge in [0.15, 0.2) is 11.5 Å². The number of nitrogens with zero attached hydrogens (tertiary/aromatic N) is 2. The molecule has 0 bridgehead atoms. The second-order valence-electron chi connectivity index (χ2n) is 5.64. The molecule has 1 amide bonds. The minimum Gasteiger partial charge on any atom is -0.463 e. The number of nitrogens with one attached hydrogen (secondary N) is 1. The number of benzene rings is 1. The van der Waals surface area contributed by atoms with E-state index in [0.717, 1.165) is 18.6 Å². The molecule has 8 heteroatoms. The number of halogens is 3. The van der Waals surface area contributed by atoms with Gasteiger partial charge >= 0.3 is 6.18 Å². The molecule has 136 valence electrons. The molecule has 0 aliphatic rings. The third kappa shape index (κ3) is 3.79. The van der Waals surface area contributed by atoms with Gasteiger partial charge in [0.25, 0.3) is 5.91 Å². The number of hydrogen-bond acceptors (Lipinski definition) is 3. The lowest BCUT2D eigenvalue weighted by Gasteiger charge is -2.08. The summed E-state index contributed by atoms with van der Waals surface area (Å²) in [6.45, 7) is 2.58. The fourth-order valence-electron chi connectivity index (χ4n) is 2.47. The summed E-state index contributed by atoms with van der Waals surface area (Å²) in [7, 11) is 0. The van der Waals surface area contributed by atoms with E-state index in [4.69, 9.17) is 4.42 Å². The number of alkyl halides is 3. The van der Waals surface area contributed by atoms with Gasteiger partial charge < -0.3 is 9.73 Å². The Kier molecular flexibility index (Phi) is 4.83. The molecule has 0 radical (unpaired) electrons. The van der Waals surface area contributed by atoms with E-state index in [1.54, 1.807) is 22.9 Å². The van der Waals surface area contributed by atoms with E-state index >= 15 is 0 Å². The quantitative estimate of drug-likeness (QED) is 0.707. The monoisotopic (exact) mass is 363 g/mol. The van der Waals surface area contributed by atoms with E-state index in [2.05, 4.69) is 10.4 Å². The Labute approximate surface area is 147 Å². The van der Waals surface area contributed by atoms with Crippen LogP contribution in [0, 0.1) is 0 Å². The molecule has 0 spiro atoms. The summed E-state index contributed by atoms with van der Waals surface area (Å²) in [4.78, 5) is 12.4. The standard InChI is InChI=1S/C18H16F3N3O2/c1-2-9-24-15(16-4-3-10-26-16)11-14(23-24)17(25)22-13-7-5-12(6-8-13)18(19,20)21/h3-8,10-11H,2,9H2,1H3,(H,22,25). The van der Waals surface area contributed by atoms with Crippen LogP contribution in [0.15, 0.2) is 53.1 Å². The third-order valence-electron chi connectivity index (χ3n) is 3.69. The van der Waals surface area contributed by atoms with Crippen LogP contribution in [0.4, 0.5) is 18.9 Å². The maximum absolute atomic E-state index is 12.6. The molecule has 26 heavy (non-hydrogen) atoms. The Hall–Kier alpha value is -3.03. The molecule has 5 nitrogen and oxygen atoms in total. The number of anilines is 1. The lowest BCUT2D eigenvalue weighted by molar-refractivity contribution is -0.137. The van der Waals surface area contributed by atoms with Crippen molar-refractivity contribution in [3.05, 3.63) is 60.0 Å². The molecular weight excluding hydrogens is 347 g/mol. The molecule has 0 aliphatic heterocycles. The van der Waals surface area contributed by atoms with Crippen molar-refractivity contribution in [1.29, 1.82) is 0 Å². The average molecular weight is 363 g/mol. The summed E-state index contributed by atoms with van der Waals surface area (Å²) in [5.41, 5.74) is 0.301. The molecule has 2 heterocycles. The van der Waals surface area contributed by atoms with Crippen molar-refractivity contribution in [3.63, 3.8) is 0 Å². The van der Waals surface area contributed by atoms with Gasteiger partial charge in [-0.25, -0.2) is 0 Å². The van der Waals surface area contributed by atoms with E-state index in [-0.39, 0.29) is 11.4 Å². The molecule has 0 atom stereocenters.